The Hall–Kier alpha value is -2.64. The molecule has 0 heterocycles. The van der Waals surface area contributed by atoms with Gasteiger partial charge in [-0.15, -0.1) is 0 Å². The molecule has 0 unspecified atom stereocenters. The van der Waals surface area contributed by atoms with Crippen molar-refractivity contribution in [2.24, 2.45) is 0 Å². The number of rotatable bonds is 9. The van der Waals surface area contributed by atoms with E-state index in [1.165, 1.54) is 25.3 Å². The number of carbonyl (C=O) groups excluding carboxylic acids is 1. The molecule has 0 atom stereocenters. The van der Waals surface area contributed by atoms with Crippen LogP contribution in [0.5, 0.6) is 5.75 Å². The SMILES string of the molecule is COc1ccc([N+](=O)[O-])cc1NC(=O)CCN(Cc1cccc(Cl)c1)C(C)C. The summed E-state index contributed by atoms with van der Waals surface area (Å²) in [5.41, 5.74) is 1.25. The van der Waals surface area contributed by atoms with E-state index in [1.54, 1.807) is 0 Å². The zero-order valence-electron chi connectivity index (χ0n) is 16.1. The summed E-state index contributed by atoms with van der Waals surface area (Å²) in [6.45, 7) is 5.33. The molecule has 2 aromatic rings. The second-order valence-electron chi connectivity index (χ2n) is 6.63. The number of methoxy groups -OCH3 is 1. The number of hydrogen-bond acceptors (Lipinski definition) is 5. The summed E-state index contributed by atoms with van der Waals surface area (Å²) < 4.78 is 5.17. The molecular weight excluding hydrogens is 382 g/mol. The van der Waals surface area contributed by atoms with Crippen LogP contribution in [-0.2, 0) is 11.3 Å². The van der Waals surface area contributed by atoms with Gasteiger partial charge in [0.05, 0.1) is 17.7 Å². The Morgan fingerprint density at radius 2 is 2.04 bits per heavy atom. The van der Waals surface area contributed by atoms with Gasteiger partial charge in [0.15, 0.2) is 0 Å². The molecule has 2 aromatic carbocycles. The summed E-state index contributed by atoms with van der Waals surface area (Å²) in [6, 6.07) is 12.0. The molecular formula is C20H24ClN3O4. The first-order valence-electron chi connectivity index (χ1n) is 8.91. The highest BCUT2D eigenvalue weighted by Gasteiger charge is 2.16. The first kappa shape index (κ1) is 21.7. The Bertz CT molecular complexity index is 842. The van der Waals surface area contributed by atoms with Crippen molar-refractivity contribution in [2.75, 3.05) is 19.0 Å². The van der Waals surface area contributed by atoms with Crippen LogP contribution >= 0.6 is 11.6 Å². The van der Waals surface area contributed by atoms with Gasteiger partial charge in [0.1, 0.15) is 5.75 Å². The first-order chi connectivity index (χ1) is 13.3. The van der Waals surface area contributed by atoms with Crippen molar-refractivity contribution in [2.45, 2.75) is 32.9 Å². The first-order valence-corrected chi connectivity index (χ1v) is 9.28. The van der Waals surface area contributed by atoms with E-state index in [1.807, 2.05) is 24.3 Å². The topological polar surface area (TPSA) is 84.7 Å². The number of nitrogens with one attached hydrogen (secondary N) is 1. The van der Waals surface area contributed by atoms with Gasteiger partial charge in [-0.05, 0) is 37.6 Å². The van der Waals surface area contributed by atoms with Crippen molar-refractivity contribution in [3.05, 3.63) is 63.2 Å². The van der Waals surface area contributed by atoms with Gasteiger partial charge in [0.25, 0.3) is 5.69 Å². The lowest BCUT2D eigenvalue weighted by Crippen LogP contribution is -2.33. The number of nitro groups is 1. The van der Waals surface area contributed by atoms with Gasteiger partial charge in [-0.2, -0.15) is 0 Å². The number of halogens is 1. The van der Waals surface area contributed by atoms with Gasteiger partial charge in [-0.3, -0.25) is 19.8 Å². The van der Waals surface area contributed by atoms with Gasteiger partial charge in [-0.25, -0.2) is 0 Å². The molecule has 1 N–H and O–H groups in total. The number of benzene rings is 2. The maximum absolute atomic E-state index is 12.4. The summed E-state index contributed by atoms with van der Waals surface area (Å²) in [5, 5.41) is 14.3. The molecule has 0 aliphatic carbocycles. The fourth-order valence-electron chi connectivity index (χ4n) is 2.75. The van der Waals surface area contributed by atoms with E-state index in [2.05, 4.69) is 24.1 Å². The molecule has 8 heteroatoms. The number of anilines is 1. The van der Waals surface area contributed by atoms with E-state index in [9.17, 15) is 14.9 Å². The second-order valence-corrected chi connectivity index (χ2v) is 7.07. The Morgan fingerprint density at radius 3 is 2.64 bits per heavy atom. The maximum atomic E-state index is 12.4. The molecule has 0 saturated heterocycles. The summed E-state index contributed by atoms with van der Waals surface area (Å²) in [4.78, 5) is 25.0. The summed E-state index contributed by atoms with van der Waals surface area (Å²) >= 11 is 6.05. The molecule has 0 aliphatic rings. The third-order valence-electron chi connectivity index (χ3n) is 4.30. The molecule has 1 amide bonds. The Morgan fingerprint density at radius 1 is 1.29 bits per heavy atom. The highest BCUT2D eigenvalue weighted by Crippen LogP contribution is 2.29. The van der Waals surface area contributed by atoms with Crippen LogP contribution < -0.4 is 10.1 Å². The van der Waals surface area contributed by atoms with Gasteiger partial charge in [0.2, 0.25) is 5.91 Å². The molecule has 0 spiro atoms. The molecule has 0 saturated carbocycles. The van der Waals surface area contributed by atoms with Crippen LogP contribution in [0, 0.1) is 10.1 Å². The second kappa shape index (κ2) is 10.1. The van der Waals surface area contributed by atoms with E-state index < -0.39 is 4.92 Å². The molecule has 28 heavy (non-hydrogen) atoms. The third kappa shape index (κ3) is 6.21. The number of ether oxygens (including phenoxy) is 1. The molecule has 2 rings (SSSR count). The molecule has 150 valence electrons. The average molecular weight is 406 g/mol. The zero-order valence-corrected chi connectivity index (χ0v) is 16.9. The minimum absolute atomic E-state index is 0.110. The van der Waals surface area contributed by atoms with E-state index >= 15 is 0 Å². The number of nitro benzene ring substituents is 1. The highest BCUT2D eigenvalue weighted by atomic mass is 35.5. The lowest BCUT2D eigenvalue weighted by atomic mass is 10.1. The quantitative estimate of drug-likeness (QED) is 0.490. The van der Waals surface area contributed by atoms with E-state index in [4.69, 9.17) is 16.3 Å². The van der Waals surface area contributed by atoms with Crippen LogP contribution in [0.4, 0.5) is 11.4 Å². The zero-order chi connectivity index (χ0) is 20.7. The maximum Gasteiger partial charge on any atom is 0.271 e. The minimum atomic E-state index is -0.513. The predicted octanol–water partition coefficient (Wildman–Crippen LogP) is 4.50. The fourth-order valence-corrected chi connectivity index (χ4v) is 2.97. The average Bonchev–Trinajstić information content (AvgIpc) is 2.64. The van der Waals surface area contributed by atoms with Crippen LogP contribution in [0.3, 0.4) is 0 Å². The molecule has 0 radical (unpaired) electrons. The van der Waals surface area contributed by atoms with Crippen molar-refractivity contribution in [1.82, 2.24) is 4.90 Å². The molecule has 0 fully saturated rings. The number of non-ortho nitro benzene ring substituents is 1. The smallest absolute Gasteiger partial charge is 0.271 e. The van der Waals surface area contributed by atoms with Crippen molar-refractivity contribution >= 4 is 28.9 Å². The monoisotopic (exact) mass is 405 g/mol. The van der Waals surface area contributed by atoms with Gasteiger partial charge in [0, 0.05) is 42.7 Å². The van der Waals surface area contributed by atoms with Crippen molar-refractivity contribution < 1.29 is 14.5 Å². The van der Waals surface area contributed by atoms with Crippen LogP contribution in [0.2, 0.25) is 5.02 Å². The van der Waals surface area contributed by atoms with Crippen molar-refractivity contribution in [3.63, 3.8) is 0 Å². The standard InChI is InChI=1S/C20H24ClN3O4/c1-14(2)23(13-15-5-4-6-16(21)11-15)10-9-20(25)22-18-12-17(24(26)27)7-8-19(18)28-3/h4-8,11-12,14H,9-10,13H2,1-3H3,(H,22,25). The molecule has 0 aromatic heterocycles. The van der Waals surface area contributed by atoms with E-state index in [0.717, 1.165) is 5.56 Å². The molecule has 0 aliphatic heterocycles. The van der Waals surface area contributed by atoms with Crippen molar-refractivity contribution in [1.29, 1.82) is 0 Å². The van der Waals surface area contributed by atoms with E-state index in [-0.39, 0.29) is 29.7 Å². The van der Waals surface area contributed by atoms with Crippen LogP contribution in [0.1, 0.15) is 25.8 Å². The van der Waals surface area contributed by atoms with Gasteiger partial charge in [-0.1, -0.05) is 23.7 Å². The largest absolute Gasteiger partial charge is 0.495 e. The third-order valence-corrected chi connectivity index (χ3v) is 4.53. The summed E-state index contributed by atoms with van der Waals surface area (Å²) in [5.74, 6) is 0.133. The minimum Gasteiger partial charge on any atom is -0.495 e. The van der Waals surface area contributed by atoms with Crippen molar-refractivity contribution in [3.8, 4) is 5.75 Å². The lowest BCUT2D eigenvalue weighted by molar-refractivity contribution is -0.384. The number of hydrogen-bond donors (Lipinski definition) is 1. The van der Waals surface area contributed by atoms with E-state index in [0.29, 0.717) is 23.9 Å². The van der Waals surface area contributed by atoms with Crippen LogP contribution in [0.15, 0.2) is 42.5 Å². The van der Waals surface area contributed by atoms with Gasteiger partial charge >= 0.3 is 0 Å². The summed E-state index contributed by atoms with van der Waals surface area (Å²) in [7, 11) is 1.45. The molecule has 0 bridgehead atoms. The number of carbonyl (C=O) groups is 1. The lowest BCUT2D eigenvalue weighted by Gasteiger charge is -2.26. The van der Waals surface area contributed by atoms with Gasteiger partial charge < -0.3 is 10.1 Å². The number of nitrogens with zero attached hydrogens (tertiary/aromatic N) is 2. The molecule has 7 nitrogen and oxygen atoms in total. The highest BCUT2D eigenvalue weighted by molar-refractivity contribution is 6.30. The Balaban J connectivity index is 2.01. The summed E-state index contributed by atoms with van der Waals surface area (Å²) in [6.07, 6.45) is 0.241. The predicted molar refractivity (Wildman–Crippen MR) is 110 cm³/mol. The Labute approximate surface area is 169 Å². The Kier molecular flexibility index (Phi) is 7.78. The normalized spacial score (nSPS) is 10.9. The van der Waals surface area contributed by atoms with Crippen LogP contribution in [0.25, 0.3) is 0 Å². The fraction of sp³-hybridized carbons (Fsp3) is 0.350. The number of amides is 1. The van der Waals surface area contributed by atoms with Crippen LogP contribution in [-0.4, -0.2) is 35.4 Å².